The van der Waals surface area contributed by atoms with E-state index in [9.17, 15) is 5.11 Å². The van der Waals surface area contributed by atoms with E-state index in [1.165, 1.54) is 0 Å². The van der Waals surface area contributed by atoms with Crippen molar-refractivity contribution >= 4 is 28.6 Å². The predicted molar refractivity (Wildman–Crippen MR) is 110 cm³/mol. The molecule has 4 aromatic rings. The van der Waals surface area contributed by atoms with E-state index < -0.39 is 0 Å². The number of aromatic nitrogens is 5. The van der Waals surface area contributed by atoms with E-state index in [0.29, 0.717) is 17.4 Å². The van der Waals surface area contributed by atoms with Crippen LogP contribution in [0.3, 0.4) is 0 Å². The van der Waals surface area contributed by atoms with Gasteiger partial charge >= 0.3 is 0 Å². The Labute approximate surface area is 167 Å². The summed E-state index contributed by atoms with van der Waals surface area (Å²) in [4.78, 5) is 8.74. The lowest BCUT2D eigenvalue weighted by atomic mass is 10.1. The number of halogens is 1. The molecular weight excluding hydrogens is 376 g/mol. The maximum absolute atomic E-state index is 9.43. The molecule has 0 spiro atoms. The number of nitrogens with one attached hydrogen (secondary N) is 1. The van der Waals surface area contributed by atoms with Crippen LogP contribution < -0.4 is 5.32 Å². The number of phenolic OH excluding ortho intramolecular Hbond substituents is 1. The monoisotopic (exact) mass is 396 g/mol. The van der Waals surface area contributed by atoms with E-state index >= 15 is 0 Å². The first-order valence-corrected chi connectivity index (χ1v) is 9.50. The Balaban J connectivity index is 1.69. The highest BCUT2D eigenvalue weighted by molar-refractivity contribution is 6.31. The fraction of sp³-hybridized carbons (Fsp3) is 0.250. The molecule has 3 aromatic heterocycles. The zero-order valence-electron chi connectivity index (χ0n) is 15.7. The molecule has 0 aliphatic heterocycles. The Morgan fingerprint density at radius 3 is 2.64 bits per heavy atom. The first-order valence-electron chi connectivity index (χ1n) is 9.13. The number of fused-ring (bicyclic) bond motifs is 1. The van der Waals surface area contributed by atoms with E-state index in [2.05, 4.69) is 29.1 Å². The van der Waals surface area contributed by atoms with Crippen LogP contribution in [0.2, 0.25) is 5.15 Å². The molecule has 0 bridgehead atoms. The van der Waals surface area contributed by atoms with E-state index in [1.807, 2.05) is 35.2 Å². The van der Waals surface area contributed by atoms with Crippen LogP contribution in [0.5, 0.6) is 5.75 Å². The Morgan fingerprint density at radius 1 is 1.14 bits per heavy atom. The highest BCUT2D eigenvalue weighted by atomic mass is 35.5. The summed E-state index contributed by atoms with van der Waals surface area (Å²) in [5.41, 5.74) is 3.41. The fourth-order valence-electron chi connectivity index (χ4n) is 3.10. The second-order valence-corrected chi connectivity index (χ2v) is 7.19. The van der Waals surface area contributed by atoms with Crippen LogP contribution in [0.1, 0.15) is 25.5 Å². The van der Waals surface area contributed by atoms with Crippen molar-refractivity contribution in [3.05, 3.63) is 59.6 Å². The van der Waals surface area contributed by atoms with E-state index in [1.54, 1.807) is 23.0 Å². The lowest BCUT2D eigenvalue weighted by Gasteiger charge is -2.11. The van der Waals surface area contributed by atoms with Gasteiger partial charge in [-0.2, -0.15) is 0 Å². The lowest BCUT2D eigenvalue weighted by Crippen LogP contribution is -2.11. The normalized spacial score (nSPS) is 11.4. The minimum Gasteiger partial charge on any atom is -0.508 e. The Bertz CT molecular complexity index is 1100. The standard InChI is InChI=1S/C20H21ClN6O/c1-13(2)26-12-24-17-19(23-11-9-14-5-7-15(28)8-6-14)27(25-20(17)26)16-4-3-10-22-18(16)21/h3-8,10,12-13,23,28H,9,11H2,1-2H3. The second-order valence-electron chi connectivity index (χ2n) is 6.83. The van der Waals surface area contributed by atoms with Crippen molar-refractivity contribution in [3.63, 3.8) is 0 Å². The third kappa shape index (κ3) is 3.41. The second kappa shape index (κ2) is 7.52. The number of anilines is 1. The van der Waals surface area contributed by atoms with Crippen LogP contribution in [-0.2, 0) is 6.42 Å². The Hall–Kier alpha value is -3.06. The molecule has 28 heavy (non-hydrogen) atoms. The maximum atomic E-state index is 9.43. The van der Waals surface area contributed by atoms with Crippen molar-refractivity contribution in [2.24, 2.45) is 0 Å². The molecule has 0 radical (unpaired) electrons. The SMILES string of the molecule is CC(C)n1cnc2c(NCCc3ccc(O)cc3)n(-c3cccnc3Cl)nc21. The van der Waals surface area contributed by atoms with Crippen molar-refractivity contribution < 1.29 is 5.11 Å². The Morgan fingerprint density at radius 2 is 1.93 bits per heavy atom. The molecule has 0 saturated carbocycles. The minimum atomic E-state index is 0.238. The van der Waals surface area contributed by atoms with Crippen LogP contribution >= 0.6 is 11.6 Å². The van der Waals surface area contributed by atoms with Crippen molar-refractivity contribution in [1.29, 1.82) is 0 Å². The molecule has 0 fully saturated rings. The zero-order chi connectivity index (χ0) is 19.7. The van der Waals surface area contributed by atoms with Gasteiger partial charge in [-0.25, -0.2) is 14.6 Å². The van der Waals surface area contributed by atoms with E-state index in [-0.39, 0.29) is 11.8 Å². The van der Waals surface area contributed by atoms with Gasteiger partial charge in [0.25, 0.3) is 0 Å². The van der Waals surface area contributed by atoms with Gasteiger partial charge in [0, 0.05) is 18.8 Å². The molecule has 1 aromatic carbocycles. The van der Waals surface area contributed by atoms with Gasteiger partial charge in [-0.3, -0.25) is 0 Å². The van der Waals surface area contributed by atoms with Gasteiger partial charge in [0.2, 0.25) is 0 Å². The first-order chi connectivity index (χ1) is 13.5. The number of aromatic hydroxyl groups is 1. The number of nitrogens with zero attached hydrogens (tertiary/aromatic N) is 5. The summed E-state index contributed by atoms with van der Waals surface area (Å²) in [7, 11) is 0. The number of benzene rings is 1. The van der Waals surface area contributed by atoms with Gasteiger partial charge in [-0.15, -0.1) is 5.10 Å². The molecule has 8 heteroatoms. The minimum absolute atomic E-state index is 0.238. The molecule has 0 amide bonds. The summed E-state index contributed by atoms with van der Waals surface area (Å²) in [6, 6.07) is 11.2. The molecule has 0 saturated heterocycles. The molecule has 0 aliphatic carbocycles. The largest absolute Gasteiger partial charge is 0.508 e. The molecule has 0 atom stereocenters. The van der Waals surface area contributed by atoms with Gasteiger partial charge in [0.1, 0.15) is 11.4 Å². The number of hydrogen-bond acceptors (Lipinski definition) is 5. The van der Waals surface area contributed by atoms with Crippen molar-refractivity contribution in [2.75, 3.05) is 11.9 Å². The molecule has 7 nitrogen and oxygen atoms in total. The quantitative estimate of drug-likeness (QED) is 0.477. The lowest BCUT2D eigenvalue weighted by molar-refractivity contribution is 0.475. The van der Waals surface area contributed by atoms with E-state index in [4.69, 9.17) is 16.7 Å². The van der Waals surface area contributed by atoms with Crippen LogP contribution in [0.15, 0.2) is 48.9 Å². The van der Waals surface area contributed by atoms with Crippen molar-refractivity contribution in [1.82, 2.24) is 24.3 Å². The number of rotatable bonds is 6. The summed E-state index contributed by atoms with van der Waals surface area (Å²) in [6.45, 7) is 4.86. The average molecular weight is 397 g/mol. The fourth-order valence-corrected chi connectivity index (χ4v) is 3.30. The molecule has 0 unspecified atom stereocenters. The maximum Gasteiger partial charge on any atom is 0.184 e. The van der Waals surface area contributed by atoms with Crippen LogP contribution in [0.25, 0.3) is 16.9 Å². The number of hydrogen-bond donors (Lipinski definition) is 2. The van der Waals surface area contributed by atoms with Crippen molar-refractivity contribution in [3.8, 4) is 11.4 Å². The number of pyridine rings is 1. The van der Waals surface area contributed by atoms with Gasteiger partial charge in [0.05, 0.1) is 6.33 Å². The zero-order valence-corrected chi connectivity index (χ0v) is 16.4. The molecule has 2 N–H and O–H groups in total. The van der Waals surface area contributed by atoms with Gasteiger partial charge in [-0.05, 0) is 50.1 Å². The first kappa shape index (κ1) is 18.3. The molecule has 4 rings (SSSR count). The van der Waals surface area contributed by atoms with Crippen molar-refractivity contribution in [2.45, 2.75) is 26.3 Å². The summed E-state index contributed by atoms with van der Waals surface area (Å²) < 4.78 is 3.80. The topological polar surface area (TPSA) is 80.8 Å². The van der Waals surface area contributed by atoms with Crippen LogP contribution in [0.4, 0.5) is 5.82 Å². The molecular formula is C20H21ClN6O. The average Bonchev–Trinajstić information content (AvgIpc) is 3.24. The molecule has 144 valence electrons. The predicted octanol–water partition coefficient (Wildman–Crippen LogP) is 4.21. The third-order valence-electron chi connectivity index (χ3n) is 4.56. The summed E-state index contributed by atoms with van der Waals surface area (Å²) in [5.74, 6) is 1.05. The van der Waals surface area contributed by atoms with E-state index in [0.717, 1.165) is 29.0 Å². The third-order valence-corrected chi connectivity index (χ3v) is 4.86. The Kier molecular flexibility index (Phi) is 4.92. The van der Waals surface area contributed by atoms with Gasteiger partial charge in [0.15, 0.2) is 22.1 Å². The van der Waals surface area contributed by atoms with Crippen LogP contribution in [-0.4, -0.2) is 36.0 Å². The molecule has 0 aliphatic rings. The number of imidazole rings is 1. The summed E-state index contributed by atoms with van der Waals surface area (Å²) in [6.07, 6.45) is 4.25. The highest BCUT2D eigenvalue weighted by Crippen LogP contribution is 2.29. The van der Waals surface area contributed by atoms with Crippen LogP contribution in [0, 0.1) is 0 Å². The smallest absolute Gasteiger partial charge is 0.184 e. The molecule has 3 heterocycles. The summed E-state index contributed by atoms with van der Waals surface area (Å²) >= 11 is 6.32. The summed E-state index contributed by atoms with van der Waals surface area (Å²) in [5, 5.41) is 18.0. The van der Waals surface area contributed by atoms with Gasteiger partial charge < -0.3 is 15.0 Å². The number of phenols is 1. The highest BCUT2D eigenvalue weighted by Gasteiger charge is 2.20. The van der Waals surface area contributed by atoms with Gasteiger partial charge in [-0.1, -0.05) is 23.7 Å².